The lowest BCUT2D eigenvalue weighted by molar-refractivity contribution is 0.0246. The predicted molar refractivity (Wildman–Crippen MR) is 85.2 cm³/mol. The second kappa shape index (κ2) is 8.35. The summed E-state index contributed by atoms with van der Waals surface area (Å²) >= 11 is 0. The van der Waals surface area contributed by atoms with Gasteiger partial charge in [0.2, 0.25) is 0 Å². The van der Waals surface area contributed by atoms with Gasteiger partial charge in [0.15, 0.2) is 0 Å². The van der Waals surface area contributed by atoms with Gasteiger partial charge in [-0.15, -0.1) is 0 Å². The summed E-state index contributed by atoms with van der Waals surface area (Å²) in [6.45, 7) is 9.85. The minimum Gasteiger partial charge on any atom is -0.380 e. The zero-order chi connectivity index (χ0) is 14.3. The van der Waals surface area contributed by atoms with E-state index in [1.54, 1.807) is 0 Å². The van der Waals surface area contributed by atoms with Gasteiger partial charge in [0.25, 0.3) is 0 Å². The normalized spacial score (nSPS) is 27.0. The van der Waals surface area contributed by atoms with Gasteiger partial charge in [0.1, 0.15) is 0 Å². The van der Waals surface area contributed by atoms with Crippen LogP contribution >= 0.6 is 0 Å². The highest BCUT2D eigenvalue weighted by molar-refractivity contribution is 4.99. The van der Waals surface area contributed by atoms with Crippen molar-refractivity contribution in [1.82, 2.24) is 10.2 Å². The standard InChI is InChI=1S/C17H34N2O/c1-3-8-16-14-18-17(9-6-5-7-10-17)15-19(16)11-13-20-12-4-2/h16,18H,3-15H2,1-2H3. The fourth-order valence-electron chi connectivity index (χ4n) is 3.91. The first-order chi connectivity index (χ1) is 9.79. The van der Waals surface area contributed by atoms with Crippen LogP contribution in [-0.2, 0) is 4.74 Å². The highest BCUT2D eigenvalue weighted by Gasteiger charge is 2.39. The molecule has 1 atom stereocenters. The summed E-state index contributed by atoms with van der Waals surface area (Å²) in [5.41, 5.74) is 0.424. The van der Waals surface area contributed by atoms with Crippen LogP contribution in [0.2, 0.25) is 0 Å². The monoisotopic (exact) mass is 282 g/mol. The molecule has 1 heterocycles. The van der Waals surface area contributed by atoms with E-state index in [1.165, 1.54) is 58.0 Å². The summed E-state index contributed by atoms with van der Waals surface area (Å²) < 4.78 is 5.73. The third kappa shape index (κ3) is 4.44. The van der Waals surface area contributed by atoms with Gasteiger partial charge in [-0.25, -0.2) is 0 Å². The first-order valence-corrected chi connectivity index (χ1v) is 8.86. The molecule has 1 saturated heterocycles. The number of hydrogen-bond acceptors (Lipinski definition) is 3. The second-order valence-corrected chi connectivity index (χ2v) is 6.75. The number of hydrogen-bond donors (Lipinski definition) is 1. The average molecular weight is 282 g/mol. The van der Waals surface area contributed by atoms with Crippen molar-refractivity contribution in [3.05, 3.63) is 0 Å². The molecule has 1 unspecified atom stereocenters. The van der Waals surface area contributed by atoms with Crippen molar-refractivity contribution < 1.29 is 4.74 Å². The average Bonchev–Trinajstić information content (AvgIpc) is 2.47. The number of nitrogens with one attached hydrogen (secondary N) is 1. The van der Waals surface area contributed by atoms with Crippen LogP contribution in [0, 0.1) is 0 Å². The Labute approximate surface area is 125 Å². The van der Waals surface area contributed by atoms with Gasteiger partial charge in [-0.05, 0) is 25.7 Å². The molecule has 1 aliphatic heterocycles. The van der Waals surface area contributed by atoms with E-state index in [0.717, 1.165) is 32.2 Å². The molecule has 0 bridgehead atoms. The van der Waals surface area contributed by atoms with E-state index in [0.29, 0.717) is 5.54 Å². The molecule has 0 aromatic heterocycles. The maximum Gasteiger partial charge on any atom is 0.0593 e. The van der Waals surface area contributed by atoms with Crippen molar-refractivity contribution in [1.29, 1.82) is 0 Å². The summed E-state index contributed by atoms with van der Waals surface area (Å²) in [5, 5.41) is 3.92. The number of nitrogens with zero attached hydrogens (tertiary/aromatic N) is 1. The Hall–Kier alpha value is -0.120. The van der Waals surface area contributed by atoms with Gasteiger partial charge in [-0.1, -0.05) is 39.5 Å². The topological polar surface area (TPSA) is 24.5 Å². The third-order valence-corrected chi connectivity index (χ3v) is 5.04. The Morgan fingerprint density at radius 3 is 2.60 bits per heavy atom. The fourth-order valence-corrected chi connectivity index (χ4v) is 3.91. The Morgan fingerprint density at radius 2 is 1.90 bits per heavy atom. The van der Waals surface area contributed by atoms with E-state index in [4.69, 9.17) is 4.74 Å². The molecule has 1 spiro atoms. The van der Waals surface area contributed by atoms with Gasteiger partial charge in [-0.3, -0.25) is 4.90 Å². The summed E-state index contributed by atoms with van der Waals surface area (Å²) in [7, 11) is 0. The summed E-state index contributed by atoms with van der Waals surface area (Å²) in [5.74, 6) is 0. The van der Waals surface area contributed by atoms with E-state index in [9.17, 15) is 0 Å². The quantitative estimate of drug-likeness (QED) is 0.726. The van der Waals surface area contributed by atoms with E-state index in [-0.39, 0.29) is 0 Å². The van der Waals surface area contributed by atoms with Gasteiger partial charge in [-0.2, -0.15) is 0 Å². The molecule has 2 fully saturated rings. The zero-order valence-corrected chi connectivity index (χ0v) is 13.6. The number of rotatable bonds is 7. The maximum atomic E-state index is 5.73. The van der Waals surface area contributed by atoms with Crippen molar-refractivity contribution in [2.45, 2.75) is 76.8 Å². The molecule has 2 aliphatic rings. The Morgan fingerprint density at radius 1 is 1.10 bits per heavy atom. The smallest absolute Gasteiger partial charge is 0.0593 e. The zero-order valence-electron chi connectivity index (χ0n) is 13.6. The number of piperazine rings is 1. The van der Waals surface area contributed by atoms with Gasteiger partial charge >= 0.3 is 0 Å². The summed E-state index contributed by atoms with van der Waals surface area (Å²) in [6.07, 6.45) is 10.7. The van der Waals surface area contributed by atoms with Crippen LogP contribution in [0.3, 0.4) is 0 Å². The van der Waals surface area contributed by atoms with Gasteiger partial charge in [0.05, 0.1) is 6.61 Å². The Kier molecular flexibility index (Phi) is 6.79. The van der Waals surface area contributed by atoms with Gasteiger partial charge < -0.3 is 10.1 Å². The first kappa shape index (κ1) is 16.3. The lowest BCUT2D eigenvalue weighted by atomic mass is 9.79. The van der Waals surface area contributed by atoms with E-state index in [2.05, 4.69) is 24.1 Å². The summed E-state index contributed by atoms with van der Waals surface area (Å²) in [6, 6.07) is 0.720. The molecule has 1 N–H and O–H groups in total. The SMILES string of the molecule is CCCOCCN1CC2(CCCCC2)NCC1CCC. The molecular formula is C17H34N2O. The number of ether oxygens (including phenoxy) is 1. The van der Waals surface area contributed by atoms with E-state index < -0.39 is 0 Å². The summed E-state index contributed by atoms with van der Waals surface area (Å²) in [4.78, 5) is 2.72. The molecule has 0 aromatic rings. The van der Waals surface area contributed by atoms with Crippen LogP contribution < -0.4 is 5.32 Å². The third-order valence-electron chi connectivity index (χ3n) is 5.04. The first-order valence-electron chi connectivity index (χ1n) is 8.86. The fraction of sp³-hybridized carbons (Fsp3) is 1.00. The molecule has 0 aromatic carbocycles. The molecule has 3 heteroatoms. The minimum absolute atomic E-state index is 0.424. The minimum atomic E-state index is 0.424. The van der Waals surface area contributed by atoms with Crippen molar-refractivity contribution in [2.75, 3.05) is 32.8 Å². The molecule has 3 nitrogen and oxygen atoms in total. The molecule has 0 radical (unpaired) electrons. The molecular weight excluding hydrogens is 248 g/mol. The van der Waals surface area contributed by atoms with Crippen molar-refractivity contribution in [3.63, 3.8) is 0 Å². The molecule has 1 aliphatic carbocycles. The molecule has 2 rings (SSSR count). The van der Waals surface area contributed by atoms with Crippen LogP contribution in [0.5, 0.6) is 0 Å². The van der Waals surface area contributed by atoms with Crippen molar-refractivity contribution >= 4 is 0 Å². The van der Waals surface area contributed by atoms with E-state index in [1.807, 2.05) is 0 Å². The van der Waals surface area contributed by atoms with Crippen molar-refractivity contribution in [2.24, 2.45) is 0 Å². The highest BCUT2D eigenvalue weighted by Crippen LogP contribution is 2.32. The molecule has 118 valence electrons. The van der Waals surface area contributed by atoms with Gasteiger partial charge in [0, 0.05) is 37.8 Å². The Balaban J connectivity index is 1.87. The van der Waals surface area contributed by atoms with Crippen LogP contribution in [0.4, 0.5) is 0 Å². The predicted octanol–water partition coefficient (Wildman–Crippen LogP) is 3.19. The maximum absolute atomic E-state index is 5.73. The molecule has 1 saturated carbocycles. The molecule has 0 amide bonds. The van der Waals surface area contributed by atoms with Crippen LogP contribution in [-0.4, -0.2) is 49.3 Å². The second-order valence-electron chi connectivity index (χ2n) is 6.75. The highest BCUT2D eigenvalue weighted by atomic mass is 16.5. The largest absolute Gasteiger partial charge is 0.380 e. The Bertz CT molecular complexity index is 264. The van der Waals surface area contributed by atoms with Crippen LogP contribution in [0.1, 0.15) is 65.2 Å². The van der Waals surface area contributed by atoms with E-state index >= 15 is 0 Å². The lowest BCUT2D eigenvalue weighted by Crippen LogP contribution is -2.65. The van der Waals surface area contributed by atoms with Crippen LogP contribution in [0.15, 0.2) is 0 Å². The van der Waals surface area contributed by atoms with Crippen LogP contribution in [0.25, 0.3) is 0 Å². The van der Waals surface area contributed by atoms with Crippen molar-refractivity contribution in [3.8, 4) is 0 Å². The lowest BCUT2D eigenvalue weighted by Gasteiger charge is -2.50. The molecule has 20 heavy (non-hydrogen) atoms.